The van der Waals surface area contributed by atoms with Crippen LogP contribution in [0.25, 0.3) is 22.4 Å². The molecule has 1 aliphatic heterocycles. The van der Waals surface area contributed by atoms with Crippen molar-refractivity contribution in [2.45, 2.75) is 51.7 Å². The highest BCUT2D eigenvalue weighted by molar-refractivity contribution is 5.76. The van der Waals surface area contributed by atoms with Gasteiger partial charge in [0.1, 0.15) is 16.9 Å². The molecule has 3 aromatic heterocycles. The molecule has 2 unspecified atom stereocenters. The van der Waals surface area contributed by atoms with E-state index >= 15 is 0 Å². The highest BCUT2D eigenvalue weighted by Crippen LogP contribution is 2.38. The van der Waals surface area contributed by atoms with Crippen molar-refractivity contribution in [3.05, 3.63) is 36.2 Å². The number of hydrogen-bond donors (Lipinski definition) is 1. The van der Waals surface area contributed by atoms with Crippen LogP contribution in [0.5, 0.6) is 0 Å². The summed E-state index contributed by atoms with van der Waals surface area (Å²) in [6, 6.07) is 4.37. The maximum absolute atomic E-state index is 9.97. The largest absolute Gasteiger partial charge is 0.382 e. The normalized spacial score (nSPS) is 20.5. The van der Waals surface area contributed by atoms with E-state index in [1.54, 1.807) is 26.2 Å². The standard InChI is InChI=1S/C18H21N5O/c1-10-7-11(2)23-15(10)22-14-6-5-13(21-16(14)23)12-8-19-17(20-9-12)18(3,4)24/h5-6,8-11,24H,7H2,1-4H3. The molecule has 24 heavy (non-hydrogen) atoms. The molecule has 4 rings (SSSR count). The summed E-state index contributed by atoms with van der Waals surface area (Å²) in [6.45, 7) is 7.77. The van der Waals surface area contributed by atoms with Gasteiger partial charge < -0.3 is 9.67 Å². The third-order valence-corrected chi connectivity index (χ3v) is 4.64. The molecule has 2 atom stereocenters. The van der Waals surface area contributed by atoms with E-state index in [9.17, 15) is 5.11 Å². The van der Waals surface area contributed by atoms with Crippen molar-refractivity contribution in [3.8, 4) is 11.3 Å². The Hall–Kier alpha value is -2.34. The molecule has 0 saturated heterocycles. The zero-order valence-corrected chi connectivity index (χ0v) is 14.4. The molecular weight excluding hydrogens is 302 g/mol. The first-order valence-electron chi connectivity index (χ1n) is 8.28. The van der Waals surface area contributed by atoms with Crippen LogP contribution in [-0.4, -0.2) is 29.6 Å². The second-order valence-corrected chi connectivity index (χ2v) is 7.22. The fraction of sp³-hybridized carbons (Fsp3) is 0.444. The molecule has 3 aromatic rings. The Balaban J connectivity index is 1.80. The summed E-state index contributed by atoms with van der Waals surface area (Å²) in [5.41, 5.74) is 2.46. The highest BCUT2D eigenvalue weighted by atomic mass is 16.3. The minimum atomic E-state index is -1.05. The van der Waals surface area contributed by atoms with Crippen molar-refractivity contribution in [1.29, 1.82) is 0 Å². The van der Waals surface area contributed by atoms with Crippen LogP contribution in [0.4, 0.5) is 0 Å². The number of nitrogens with zero attached hydrogens (tertiary/aromatic N) is 5. The summed E-state index contributed by atoms with van der Waals surface area (Å²) >= 11 is 0. The third-order valence-electron chi connectivity index (χ3n) is 4.64. The number of fused-ring (bicyclic) bond motifs is 3. The van der Waals surface area contributed by atoms with Crippen molar-refractivity contribution in [3.63, 3.8) is 0 Å². The van der Waals surface area contributed by atoms with Crippen LogP contribution in [0.15, 0.2) is 24.5 Å². The molecule has 0 aromatic carbocycles. The van der Waals surface area contributed by atoms with Gasteiger partial charge in [0.05, 0.1) is 5.69 Å². The van der Waals surface area contributed by atoms with Crippen LogP contribution in [0.1, 0.15) is 57.7 Å². The maximum atomic E-state index is 9.97. The van der Waals surface area contributed by atoms with Gasteiger partial charge in [-0.05, 0) is 39.3 Å². The van der Waals surface area contributed by atoms with Crippen LogP contribution in [0.3, 0.4) is 0 Å². The van der Waals surface area contributed by atoms with Crippen LogP contribution < -0.4 is 0 Å². The molecule has 6 nitrogen and oxygen atoms in total. The minimum absolute atomic E-state index is 0.403. The first-order valence-corrected chi connectivity index (χ1v) is 8.28. The second kappa shape index (κ2) is 5.08. The molecule has 6 heteroatoms. The first kappa shape index (κ1) is 15.2. The Labute approximate surface area is 140 Å². The first-order chi connectivity index (χ1) is 11.3. The topological polar surface area (TPSA) is 76.7 Å². The Kier molecular flexibility index (Phi) is 3.22. The summed E-state index contributed by atoms with van der Waals surface area (Å²) in [5.74, 6) is 1.99. The summed E-state index contributed by atoms with van der Waals surface area (Å²) in [6.07, 6.45) is 4.52. The van der Waals surface area contributed by atoms with E-state index in [-0.39, 0.29) is 0 Å². The lowest BCUT2D eigenvalue weighted by Gasteiger charge is -2.15. The SMILES string of the molecule is CC1CC(C)n2c1nc1ccc(-c3cnc(C(C)(C)O)nc3)nc12. The molecule has 1 aliphatic rings. The quantitative estimate of drug-likeness (QED) is 0.784. The van der Waals surface area contributed by atoms with Gasteiger partial charge in [-0.2, -0.15) is 0 Å². The van der Waals surface area contributed by atoms with E-state index in [0.717, 1.165) is 34.7 Å². The molecule has 124 valence electrons. The Bertz CT molecular complexity index is 908. The fourth-order valence-corrected chi connectivity index (χ4v) is 3.43. The van der Waals surface area contributed by atoms with Crippen molar-refractivity contribution in [2.24, 2.45) is 0 Å². The zero-order valence-electron chi connectivity index (χ0n) is 14.4. The van der Waals surface area contributed by atoms with Crippen LogP contribution in [-0.2, 0) is 5.60 Å². The van der Waals surface area contributed by atoms with E-state index in [1.165, 1.54) is 0 Å². The number of hydrogen-bond acceptors (Lipinski definition) is 5. The zero-order chi connectivity index (χ0) is 17.1. The van der Waals surface area contributed by atoms with Crippen LogP contribution in [0.2, 0.25) is 0 Å². The number of aliphatic hydroxyl groups is 1. The van der Waals surface area contributed by atoms with Gasteiger partial charge in [-0.15, -0.1) is 0 Å². The van der Waals surface area contributed by atoms with Gasteiger partial charge in [-0.1, -0.05) is 6.92 Å². The molecule has 0 fully saturated rings. The van der Waals surface area contributed by atoms with Gasteiger partial charge >= 0.3 is 0 Å². The summed E-state index contributed by atoms with van der Waals surface area (Å²) < 4.78 is 2.25. The predicted octanol–water partition coefficient (Wildman–Crippen LogP) is 3.18. The number of rotatable bonds is 2. The molecular formula is C18H21N5O. The minimum Gasteiger partial charge on any atom is -0.382 e. The number of imidazole rings is 1. The van der Waals surface area contributed by atoms with Gasteiger partial charge in [-0.3, -0.25) is 0 Å². The fourth-order valence-electron chi connectivity index (χ4n) is 3.43. The Morgan fingerprint density at radius 2 is 1.83 bits per heavy atom. The lowest BCUT2D eigenvalue weighted by molar-refractivity contribution is 0.0687. The number of aromatic nitrogens is 5. The molecule has 0 amide bonds. The third kappa shape index (κ3) is 2.29. The van der Waals surface area contributed by atoms with E-state index in [4.69, 9.17) is 9.97 Å². The average molecular weight is 323 g/mol. The molecule has 0 bridgehead atoms. The monoisotopic (exact) mass is 323 g/mol. The van der Waals surface area contributed by atoms with Gasteiger partial charge in [0.2, 0.25) is 0 Å². The van der Waals surface area contributed by atoms with Crippen LogP contribution in [0, 0.1) is 0 Å². The van der Waals surface area contributed by atoms with E-state index < -0.39 is 5.60 Å². The van der Waals surface area contributed by atoms with Gasteiger partial charge in [0, 0.05) is 29.9 Å². The molecule has 0 radical (unpaired) electrons. The second-order valence-electron chi connectivity index (χ2n) is 7.22. The molecule has 0 aliphatic carbocycles. The van der Waals surface area contributed by atoms with Crippen molar-refractivity contribution >= 4 is 11.2 Å². The summed E-state index contributed by atoms with van der Waals surface area (Å²) in [7, 11) is 0. The van der Waals surface area contributed by atoms with Gasteiger partial charge in [-0.25, -0.2) is 19.9 Å². The van der Waals surface area contributed by atoms with Gasteiger partial charge in [0.15, 0.2) is 11.5 Å². The lowest BCUT2D eigenvalue weighted by Crippen LogP contribution is -2.19. The van der Waals surface area contributed by atoms with Crippen molar-refractivity contribution in [2.75, 3.05) is 0 Å². The Morgan fingerprint density at radius 3 is 2.50 bits per heavy atom. The molecule has 1 N–H and O–H groups in total. The highest BCUT2D eigenvalue weighted by Gasteiger charge is 2.29. The van der Waals surface area contributed by atoms with Crippen molar-refractivity contribution < 1.29 is 5.11 Å². The van der Waals surface area contributed by atoms with Crippen LogP contribution >= 0.6 is 0 Å². The average Bonchev–Trinajstić information content (AvgIpc) is 3.04. The summed E-state index contributed by atoms with van der Waals surface area (Å²) in [5, 5.41) is 9.97. The molecule has 0 spiro atoms. The smallest absolute Gasteiger partial charge is 0.160 e. The summed E-state index contributed by atoms with van der Waals surface area (Å²) in [4.78, 5) is 18.1. The van der Waals surface area contributed by atoms with E-state index in [1.807, 2.05) is 12.1 Å². The van der Waals surface area contributed by atoms with E-state index in [0.29, 0.717) is 17.8 Å². The van der Waals surface area contributed by atoms with Gasteiger partial charge in [0.25, 0.3) is 0 Å². The maximum Gasteiger partial charge on any atom is 0.160 e. The molecule has 4 heterocycles. The molecule has 0 saturated carbocycles. The lowest BCUT2D eigenvalue weighted by atomic mass is 10.1. The predicted molar refractivity (Wildman–Crippen MR) is 91.5 cm³/mol. The van der Waals surface area contributed by atoms with Crippen molar-refractivity contribution in [1.82, 2.24) is 24.5 Å². The number of pyridine rings is 1. The van der Waals surface area contributed by atoms with E-state index in [2.05, 4.69) is 28.4 Å². The Morgan fingerprint density at radius 1 is 1.12 bits per heavy atom.